The summed E-state index contributed by atoms with van der Waals surface area (Å²) < 4.78 is 5.94. The van der Waals surface area contributed by atoms with Crippen molar-refractivity contribution in [1.29, 1.82) is 0 Å². The zero-order valence-corrected chi connectivity index (χ0v) is 22.8. The number of ether oxygens (including phenoxy) is 1. The van der Waals surface area contributed by atoms with Crippen LogP contribution in [0.15, 0.2) is 59.6 Å². The van der Waals surface area contributed by atoms with Gasteiger partial charge in [-0.15, -0.1) is 0 Å². The largest absolute Gasteiger partial charge is 0.491 e. The molecular weight excluding hydrogens is 464 g/mol. The molecule has 1 N–H and O–H groups in total. The van der Waals surface area contributed by atoms with E-state index >= 15 is 0 Å². The Kier molecular flexibility index (Phi) is 7.63. The minimum atomic E-state index is -0.214. The predicted octanol–water partition coefficient (Wildman–Crippen LogP) is 6.32. The molecule has 1 saturated carbocycles. The molecule has 2 saturated heterocycles. The summed E-state index contributed by atoms with van der Waals surface area (Å²) in [7, 11) is 0. The van der Waals surface area contributed by atoms with E-state index in [9.17, 15) is 0 Å². The van der Waals surface area contributed by atoms with Crippen molar-refractivity contribution in [2.24, 2.45) is 4.99 Å². The van der Waals surface area contributed by atoms with E-state index in [1.54, 1.807) is 0 Å². The van der Waals surface area contributed by atoms with Crippen molar-refractivity contribution in [3.8, 4) is 5.75 Å². The summed E-state index contributed by atoms with van der Waals surface area (Å²) in [6.45, 7) is 8.42. The third-order valence-electron chi connectivity index (χ3n) is 7.92. The summed E-state index contributed by atoms with van der Waals surface area (Å²) >= 11 is 5.95. The maximum absolute atomic E-state index is 5.95. The minimum absolute atomic E-state index is 0.179. The second-order valence-electron chi connectivity index (χ2n) is 11.0. The molecule has 192 valence electrons. The van der Waals surface area contributed by atoms with Crippen LogP contribution in [0.1, 0.15) is 71.3 Å². The molecule has 1 aliphatic carbocycles. The van der Waals surface area contributed by atoms with Gasteiger partial charge in [-0.1, -0.05) is 49.6 Å². The van der Waals surface area contributed by atoms with Crippen molar-refractivity contribution in [3.63, 3.8) is 0 Å². The first-order valence-corrected chi connectivity index (χ1v) is 14.1. The topological polar surface area (TPSA) is 40.1 Å². The quantitative estimate of drug-likeness (QED) is 0.466. The van der Waals surface area contributed by atoms with Gasteiger partial charge in [0.25, 0.3) is 0 Å². The Labute approximate surface area is 221 Å². The predicted molar refractivity (Wildman–Crippen MR) is 153 cm³/mol. The fourth-order valence-corrected chi connectivity index (χ4v) is 6.58. The number of anilines is 1. The lowest BCUT2D eigenvalue weighted by atomic mass is 9.81. The molecule has 1 spiro atoms. The first-order valence-electron chi connectivity index (χ1n) is 13.7. The molecule has 0 bridgehead atoms. The number of thiocarbonyl (C=S) groups is 1. The average Bonchev–Trinajstić information content (AvgIpc) is 3.12. The third kappa shape index (κ3) is 5.30. The van der Waals surface area contributed by atoms with Gasteiger partial charge in [0.2, 0.25) is 0 Å². The summed E-state index contributed by atoms with van der Waals surface area (Å²) in [4.78, 5) is 10.3. The van der Waals surface area contributed by atoms with Crippen LogP contribution in [0, 0.1) is 0 Å². The molecule has 6 heteroatoms. The van der Waals surface area contributed by atoms with Crippen LogP contribution in [0.5, 0.6) is 5.75 Å². The number of hydrogen-bond donors (Lipinski definition) is 1. The van der Waals surface area contributed by atoms with Gasteiger partial charge in [-0.25, -0.2) is 0 Å². The monoisotopic (exact) mass is 504 g/mol. The van der Waals surface area contributed by atoms with Gasteiger partial charge in [-0.2, -0.15) is 0 Å². The van der Waals surface area contributed by atoms with E-state index < -0.39 is 0 Å². The van der Waals surface area contributed by atoms with Gasteiger partial charge in [-0.05, 0) is 88.5 Å². The minimum Gasteiger partial charge on any atom is -0.491 e. The molecule has 2 aromatic rings. The Hall–Kier alpha value is -2.44. The smallest absolute Gasteiger partial charge is 0.179 e. The molecule has 5 nitrogen and oxygen atoms in total. The highest BCUT2D eigenvalue weighted by Crippen LogP contribution is 2.41. The lowest BCUT2D eigenvalue weighted by Gasteiger charge is -2.47. The molecule has 2 aliphatic heterocycles. The number of benzene rings is 2. The average molecular weight is 505 g/mol. The number of aliphatic imine (C=N–C) groups is 1. The molecule has 3 aliphatic rings. The summed E-state index contributed by atoms with van der Waals surface area (Å²) in [5.41, 5.74) is 2.24. The number of piperidine rings is 1. The molecular formula is C30H40N4OS. The van der Waals surface area contributed by atoms with Gasteiger partial charge in [0.15, 0.2) is 5.11 Å². The number of nitrogens with zero attached hydrogens (tertiary/aromatic N) is 3. The van der Waals surface area contributed by atoms with Crippen LogP contribution < -0.4 is 15.0 Å². The molecule has 0 amide bonds. The van der Waals surface area contributed by atoms with Gasteiger partial charge < -0.3 is 15.0 Å². The van der Waals surface area contributed by atoms with Gasteiger partial charge in [-0.3, -0.25) is 9.89 Å². The lowest BCUT2D eigenvalue weighted by molar-refractivity contribution is 0.125. The fourth-order valence-electron chi connectivity index (χ4n) is 6.21. The zero-order chi connectivity index (χ0) is 25.1. The Morgan fingerprint density at radius 3 is 2.58 bits per heavy atom. The number of nitrogens with one attached hydrogen (secondary N) is 1. The number of para-hydroxylation sites is 1. The molecule has 2 heterocycles. The Balaban J connectivity index is 1.41. The fraction of sp³-hybridized carbons (Fsp3) is 0.533. The Morgan fingerprint density at radius 1 is 1.08 bits per heavy atom. The third-order valence-corrected chi connectivity index (χ3v) is 8.21. The van der Waals surface area contributed by atoms with Gasteiger partial charge in [0, 0.05) is 24.8 Å². The number of hydrogen-bond acceptors (Lipinski definition) is 4. The summed E-state index contributed by atoms with van der Waals surface area (Å²) in [6.07, 6.45) is 8.44. The van der Waals surface area contributed by atoms with Crippen LogP contribution in [0.4, 0.5) is 5.69 Å². The summed E-state index contributed by atoms with van der Waals surface area (Å²) in [6, 6.07) is 20.0. The second kappa shape index (κ2) is 10.9. The van der Waals surface area contributed by atoms with E-state index in [1.165, 1.54) is 37.7 Å². The van der Waals surface area contributed by atoms with E-state index in [0.29, 0.717) is 12.1 Å². The molecule has 36 heavy (non-hydrogen) atoms. The van der Waals surface area contributed by atoms with Crippen molar-refractivity contribution in [1.82, 2.24) is 10.2 Å². The zero-order valence-electron chi connectivity index (χ0n) is 22.0. The van der Waals surface area contributed by atoms with E-state index in [4.69, 9.17) is 21.9 Å². The molecule has 2 atom stereocenters. The van der Waals surface area contributed by atoms with Crippen molar-refractivity contribution in [3.05, 3.63) is 60.2 Å². The summed E-state index contributed by atoms with van der Waals surface area (Å²) in [5, 5.41) is 4.38. The highest BCUT2D eigenvalue weighted by atomic mass is 32.1. The van der Waals surface area contributed by atoms with Crippen molar-refractivity contribution >= 4 is 28.9 Å². The Bertz CT molecular complexity index is 1080. The van der Waals surface area contributed by atoms with E-state index in [2.05, 4.69) is 90.5 Å². The van der Waals surface area contributed by atoms with Crippen LogP contribution in [0.2, 0.25) is 0 Å². The van der Waals surface area contributed by atoms with Gasteiger partial charge in [0.1, 0.15) is 17.1 Å². The van der Waals surface area contributed by atoms with Gasteiger partial charge >= 0.3 is 0 Å². The number of amidine groups is 1. The van der Waals surface area contributed by atoms with Crippen LogP contribution in [0.25, 0.3) is 0 Å². The van der Waals surface area contributed by atoms with Gasteiger partial charge in [0.05, 0.1) is 12.1 Å². The van der Waals surface area contributed by atoms with Crippen LogP contribution >= 0.6 is 12.2 Å². The maximum Gasteiger partial charge on any atom is 0.179 e. The second-order valence-corrected chi connectivity index (χ2v) is 11.4. The SMILES string of the molecule is CC(C)Oc1cccc(CN2CC[C@@]3(C[C@@H]2C)C(=NC2CCCCC2)NC(=S)N3c2ccccc2)c1. The van der Waals surface area contributed by atoms with Crippen LogP contribution in [0.3, 0.4) is 0 Å². The molecule has 2 aromatic carbocycles. The maximum atomic E-state index is 5.95. The van der Waals surface area contributed by atoms with E-state index in [-0.39, 0.29) is 11.6 Å². The standard InChI is InChI=1S/C30H40N4OS/c1-22(2)35-27-16-10-11-24(19-27)21-33-18-17-30(20-23(33)3)28(31-25-12-6-4-7-13-25)32-29(36)34(30)26-14-8-5-9-15-26/h5,8-11,14-16,19,22-23,25H,4,6-7,12-13,17-18,20-21H2,1-3H3,(H,31,32,36)/t23-,30+/m0/s1. The van der Waals surface area contributed by atoms with Crippen LogP contribution in [-0.4, -0.2) is 46.1 Å². The molecule has 0 unspecified atom stereocenters. The van der Waals surface area contributed by atoms with Crippen molar-refractivity contribution in [2.75, 3.05) is 11.4 Å². The van der Waals surface area contributed by atoms with E-state index in [0.717, 1.165) is 48.3 Å². The van der Waals surface area contributed by atoms with Crippen molar-refractivity contribution in [2.45, 2.75) is 96.0 Å². The first-order chi connectivity index (χ1) is 17.4. The summed E-state index contributed by atoms with van der Waals surface area (Å²) in [5.74, 6) is 2.05. The van der Waals surface area contributed by atoms with Crippen molar-refractivity contribution < 1.29 is 4.74 Å². The van der Waals surface area contributed by atoms with Crippen LogP contribution in [-0.2, 0) is 6.54 Å². The highest BCUT2D eigenvalue weighted by molar-refractivity contribution is 7.80. The first kappa shape index (κ1) is 25.2. The molecule has 5 rings (SSSR count). The lowest BCUT2D eigenvalue weighted by Crippen LogP contribution is -2.59. The highest BCUT2D eigenvalue weighted by Gasteiger charge is 2.53. The normalized spacial score (nSPS) is 26.7. The molecule has 0 aromatic heterocycles. The Morgan fingerprint density at radius 2 is 1.86 bits per heavy atom. The van der Waals surface area contributed by atoms with E-state index in [1.807, 2.05) is 0 Å². The number of rotatable bonds is 6. The molecule has 3 fully saturated rings. The number of likely N-dealkylation sites (tertiary alicyclic amines) is 1. The molecule has 0 radical (unpaired) electrons.